The van der Waals surface area contributed by atoms with Crippen molar-refractivity contribution in [2.24, 2.45) is 7.05 Å². The average Bonchev–Trinajstić information content (AvgIpc) is 2.58. The van der Waals surface area contributed by atoms with Crippen molar-refractivity contribution in [3.05, 3.63) is 30.1 Å². The number of pyridine rings is 1. The highest BCUT2D eigenvalue weighted by Gasteiger charge is 2.39. The largest absolute Gasteiger partial charge is 0.354 e. The van der Waals surface area contributed by atoms with Gasteiger partial charge in [0.25, 0.3) is 5.69 Å². The van der Waals surface area contributed by atoms with Crippen LogP contribution in [-0.4, -0.2) is 29.7 Å². The summed E-state index contributed by atoms with van der Waals surface area (Å²) in [6.07, 6.45) is 1.87. The molecule has 0 saturated carbocycles. The summed E-state index contributed by atoms with van der Waals surface area (Å²) in [6, 6.07) is 5.61. The van der Waals surface area contributed by atoms with Gasteiger partial charge in [0, 0.05) is 18.7 Å². The lowest BCUT2D eigenvalue weighted by molar-refractivity contribution is -0.673. The van der Waals surface area contributed by atoms with E-state index in [0.717, 1.165) is 0 Å². The van der Waals surface area contributed by atoms with Gasteiger partial charge in [-0.25, -0.2) is 0 Å². The van der Waals surface area contributed by atoms with Crippen LogP contribution in [0.5, 0.6) is 0 Å². The third kappa shape index (κ3) is 1.80. The molecule has 0 atom stereocenters. The van der Waals surface area contributed by atoms with E-state index in [2.05, 4.69) is 0 Å². The summed E-state index contributed by atoms with van der Waals surface area (Å²) in [5.41, 5.74) is 0.181. The fourth-order valence-corrected chi connectivity index (χ4v) is 1.96. The molecule has 1 saturated heterocycles. The molecule has 4 nitrogen and oxygen atoms in total. The molecule has 2 heterocycles. The van der Waals surface area contributed by atoms with Crippen LogP contribution in [0.1, 0.15) is 24.3 Å². The second-order valence-corrected chi connectivity index (χ2v) is 4.45. The predicted octanol–water partition coefficient (Wildman–Crippen LogP) is 0.720. The quantitative estimate of drug-likeness (QED) is 0.655. The van der Waals surface area contributed by atoms with Crippen LogP contribution in [0.25, 0.3) is 0 Å². The summed E-state index contributed by atoms with van der Waals surface area (Å²) in [5.74, 6) is 0.0191. The Hall–Kier alpha value is -1.42. The summed E-state index contributed by atoms with van der Waals surface area (Å²) >= 11 is 0. The zero-order valence-electron chi connectivity index (χ0n) is 9.93. The first kappa shape index (κ1) is 11.1. The third-order valence-electron chi connectivity index (χ3n) is 2.94. The average molecular weight is 221 g/mol. The van der Waals surface area contributed by atoms with Crippen molar-refractivity contribution in [1.82, 2.24) is 4.90 Å². The van der Waals surface area contributed by atoms with Crippen molar-refractivity contribution < 1.29 is 14.1 Å². The van der Waals surface area contributed by atoms with Gasteiger partial charge in [0.1, 0.15) is 12.8 Å². The summed E-state index contributed by atoms with van der Waals surface area (Å²) in [6.45, 7) is 5.09. The Morgan fingerprint density at radius 2 is 2.25 bits per heavy atom. The predicted molar refractivity (Wildman–Crippen MR) is 58.7 cm³/mol. The van der Waals surface area contributed by atoms with Crippen LogP contribution in [0.3, 0.4) is 0 Å². The number of hydrogen-bond acceptors (Lipinski definition) is 2. The summed E-state index contributed by atoms with van der Waals surface area (Å²) in [7, 11) is 1.87. The number of aromatic nitrogens is 1. The number of rotatable bonds is 1. The van der Waals surface area contributed by atoms with Gasteiger partial charge in [-0.3, -0.25) is 4.79 Å². The van der Waals surface area contributed by atoms with Crippen molar-refractivity contribution in [2.75, 3.05) is 13.2 Å². The molecule has 0 radical (unpaired) electrons. The minimum absolute atomic E-state index is 0.0191. The minimum Gasteiger partial charge on any atom is -0.354 e. The van der Waals surface area contributed by atoms with Gasteiger partial charge in [-0.1, -0.05) is 0 Å². The second kappa shape index (κ2) is 3.87. The van der Waals surface area contributed by atoms with Crippen LogP contribution in [0.2, 0.25) is 0 Å². The maximum atomic E-state index is 12.3. The highest BCUT2D eigenvalue weighted by Crippen LogP contribution is 2.23. The van der Waals surface area contributed by atoms with Gasteiger partial charge < -0.3 is 9.64 Å². The van der Waals surface area contributed by atoms with E-state index in [-0.39, 0.29) is 5.91 Å². The summed E-state index contributed by atoms with van der Waals surface area (Å²) < 4.78 is 7.36. The standard InChI is InChI=1S/C12H17N2O2/c1-12(2)14(8-9-16-12)11(15)10-6-4-5-7-13(10)3/h4-7H,8-9H2,1-3H3/q+1. The fraction of sp³-hybridized carbons (Fsp3) is 0.500. The Morgan fingerprint density at radius 3 is 2.81 bits per heavy atom. The Kier molecular flexibility index (Phi) is 2.68. The van der Waals surface area contributed by atoms with Crippen LogP contribution >= 0.6 is 0 Å². The molecule has 2 rings (SSSR count). The molecule has 0 aromatic carbocycles. The molecule has 1 aliphatic heterocycles. The lowest BCUT2D eigenvalue weighted by Gasteiger charge is -2.28. The Morgan fingerprint density at radius 1 is 1.50 bits per heavy atom. The fourth-order valence-electron chi connectivity index (χ4n) is 1.96. The van der Waals surface area contributed by atoms with Gasteiger partial charge in [-0.2, -0.15) is 4.57 Å². The molecule has 4 heteroatoms. The number of carbonyl (C=O) groups excluding carboxylic acids is 1. The molecule has 0 N–H and O–H groups in total. The van der Waals surface area contributed by atoms with E-state index in [1.807, 2.05) is 49.9 Å². The van der Waals surface area contributed by atoms with Crippen molar-refractivity contribution in [3.8, 4) is 0 Å². The Labute approximate surface area is 95.4 Å². The number of amides is 1. The highest BCUT2D eigenvalue weighted by atomic mass is 16.5. The van der Waals surface area contributed by atoms with E-state index in [9.17, 15) is 4.79 Å². The molecule has 0 spiro atoms. The Bertz CT molecular complexity index is 415. The van der Waals surface area contributed by atoms with Gasteiger partial charge in [-0.15, -0.1) is 0 Å². The van der Waals surface area contributed by atoms with Gasteiger partial charge in [0.15, 0.2) is 6.20 Å². The molecule has 1 aromatic heterocycles. The van der Waals surface area contributed by atoms with Crippen LogP contribution in [0.15, 0.2) is 24.4 Å². The molecule has 0 unspecified atom stereocenters. The summed E-state index contributed by atoms with van der Waals surface area (Å²) in [5, 5.41) is 0. The van der Waals surface area contributed by atoms with Crippen LogP contribution in [0.4, 0.5) is 0 Å². The van der Waals surface area contributed by atoms with Crippen molar-refractivity contribution in [2.45, 2.75) is 19.6 Å². The molecular weight excluding hydrogens is 204 g/mol. The number of nitrogens with zero attached hydrogens (tertiary/aromatic N) is 2. The van der Waals surface area contributed by atoms with E-state index in [1.165, 1.54) is 0 Å². The molecule has 1 aromatic rings. The number of hydrogen-bond donors (Lipinski definition) is 0. The molecule has 16 heavy (non-hydrogen) atoms. The van der Waals surface area contributed by atoms with Crippen LogP contribution in [-0.2, 0) is 11.8 Å². The van der Waals surface area contributed by atoms with E-state index in [1.54, 1.807) is 4.90 Å². The van der Waals surface area contributed by atoms with E-state index in [0.29, 0.717) is 18.8 Å². The van der Waals surface area contributed by atoms with Crippen LogP contribution in [0, 0.1) is 0 Å². The van der Waals surface area contributed by atoms with Gasteiger partial charge in [-0.05, 0) is 19.9 Å². The lowest BCUT2D eigenvalue weighted by atomic mass is 10.2. The molecule has 1 aliphatic rings. The molecule has 0 bridgehead atoms. The second-order valence-electron chi connectivity index (χ2n) is 4.45. The smallest absolute Gasteiger partial charge is 0.320 e. The molecular formula is C12H17N2O2+. The van der Waals surface area contributed by atoms with E-state index >= 15 is 0 Å². The van der Waals surface area contributed by atoms with Crippen LogP contribution < -0.4 is 4.57 Å². The van der Waals surface area contributed by atoms with Crippen molar-refractivity contribution >= 4 is 5.91 Å². The SMILES string of the molecule is C[n+]1ccccc1C(=O)N1CCOC1(C)C. The highest BCUT2D eigenvalue weighted by molar-refractivity contribution is 5.91. The van der Waals surface area contributed by atoms with Gasteiger partial charge >= 0.3 is 5.91 Å². The van der Waals surface area contributed by atoms with Crippen molar-refractivity contribution in [3.63, 3.8) is 0 Å². The first-order valence-corrected chi connectivity index (χ1v) is 5.43. The van der Waals surface area contributed by atoms with Gasteiger partial charge in [0.05, 0.1) is 6.61 Å². The topological polar surface area (TPSA) is 33.4 Å². The molecule has 0 aliphatic carbocycles. The van der Waals surface area contributed by atoms with Gasteiger partial charge in [0.2, 0.25) is 0 Å². The Balaban J connectivity index is 2.30. The number of aryl methyl sites for hydroxylation is 1. The first-order chi connectivity index (χ1) is 7.52. The maximum absolute atomic E-state index is 12.3. The first-order valence-electron chi connectivity index (χ1n) is 5.43. The number of carbonyl (C=O) groups is 1. The summed E-state index contributed by atoms with van der Waals surface area (Å²) in [4.78, 5) is 14.1. The maximum Gasteiger partial charge on any atom is 0.320 e. The normalized spacial score (nSPS) is 18.8. The monoisotopic (exact) mass is 221 g/mol. The molecule has 1 amide bonds. The van der Waals surface area contributed by atoms with E-state index < -0.39 is 5.72 Å². The lowest BCUT2D eigenvalue weighted by Crippen LogP contribution is -2.48. The minimum atomic E-state index is -0.500. The molecule has 86 valence electrons. The third-order valence-corrected chi connectivity index (χ3v) is 2.94. The molecule has 1 fully saturated rings. The van der Waals surface area contributed by atoms with Crippen molar-refractivity contribution in [1.29, 1.82) is 0 Å². The van der Waals surface area contributed by atoms with E-state index in [4.69, 9.17) is 4.74 Å². The zero-order valence-corrected chi connectivity index (χ0v) is 9.93. The number of ether oxygens (including phenoxy) is 1. The zero-order chi connectivity index (χ0) is 11.8.